The number of amides is 1. The van der Waals surface area contributed by atoms with E-state index in [1.165, 1.54) is 26.0 Å². The second-order valence-electron chi connectivity index (χ2n) is 15.4. The molecule has 1 fully saturated rings. The minimum Gasteiger partial charge on any atom is -0.436 e. The van der Waals surface area contributed by atoms with Gasteiger partial charge in [0.2, 0.25) is 0 Å². The molecule has 0 bridgehead atoms. The second-order valence-corrected chi connectivity index (χ2v) is 18.6. The Morgan fingerprint density at radius 1 is 1.04 bits per heavy atom. The van der Waals surface area contributed by atoms with Gasteiger partial charge >= 0.3 is 12.3 Å². The van der Waals surface area contributed by atoms with Crippen LogP contribution in [0.25, 0.3) is 22.0 Å². The Labute approximate surface area is 314 Å². The van der Waals surface area contributed by atoms with E-state index >= 15 is 0 Å². The van der Waals surface area contributed by atoms with E-state index in [2.05, 4.69) is 16.9 Å². The van der Waals surface area contributed by atoms with Gasteiger partial charge in [0.05, 0.1) is 26.9 Å². The molecule has 54 heavy (non-hydrogen) atoms. The predicted octanol–water partition coefficient (Wildman–Crippen LogP) is 7.95. The van der Waals surface area contributed by atoms with E-state index in [0.29, 0.717) is 54.0 Å². The molecule has 6 rings (SSSR count). The molecule has 0 spiro atoms. The number of alkyl halides is 3. The number of carbonyl (C=O) groups excluding carboxylic acids is 1. The Bertz CT molecular complexity index is 2350. The molecule has 2 aliphatic rings. The topological polar surface area (TPSA) is 143 Å². The normalized spacial score (nSPS) is 16.1. The van der Waals surface area contributed by atoms with Crippen LogP contribution in [0.1, 0.15) is 82.0 Å². The molecule has 1 amide bonds. The Morgan fingerprint density at radius 3 is 2.24 bits per heavy atom. The Balaban J connectivity index is 1.78. The van der Waals surface area contributed by atoms with E-state index in [-0.39, 0.29) is 49.8 Å². The molecule has 1 atom stereocenters. The van der Waals surface area contributed by atoms with Gasteiger partial charge in [-0.15, -0.1) is 0 Å². The molecular formula is C38H39ClF5N5O4S. The van der Waals surface area contributed by atoms with E-state index in [0.717, 1.165) is 12.1 Å². The van der Waals surface area contributed by atoms with E-state index < -0.39 is 67.7 Å². The van der Waals surface area contributed by atoms with Gasteiger partial charge in [0, 0.05) is 29.0 Å². The molecule has 0 unspecified atom stereocenters. The fourth-order valence-electron chi connectivity index (χ4n) is 7.33. The number of nitrogens with two attached hydrogens (primary N) is 2. The molecule has 288 valence electrons. The summed E-state index contributed by atoms with van der Waals surface area (Å²) in [6.07, 6.45) is -4.00. The smallest absolute Gasteiger partial charge is 0.408 e. The van der Waals surface area contributed by atoms with Gasteiger partial charge in [0.1, 0.15) is 28.6 Å². The first kappa shape index (κ1) is 39.3. The van der Waals surface area contributed by atoms with Crippen molar-refractivity contribution >= 4 is 44.3 Å². The van der Waals surface area contributed by atoms with Crippen LogP contribution < -0.4 is 11.5 Å². The van der Waals surface area contributed by atoms with Crippen LogP contribution in [0.2, 0.25) is 5.02 Å². The zero-order chi connectivity index (χ0) is 39.8. The average molecular weight is 792 g/mol. The molecule has 0 radical (unpaired) electrons. The maximum absolute atomic E-state index is 14.7. The van der Waals surface area contributed by atoms with Gasteiger partial charge in [0.15, 0.2) is 21.3 Å². The van der Waals surface area contributed by atoms with E-state index in [1.54, 1.807) is 20.8 Å². The summed E-state index contributed by atoms with van der Waals surface area (Å²) < 4.78 is 104. The number of carbonyl (C=O) groups is 1. The highest BCUT2D eigenvalue weighted by Gasteiger charge is 2.52. The largest absolute Gasteiger partial charge is 0.436 e. The number of nitrogen functional groups attached to an aromatic ring is 1. The van der Waals surface area contributed by atoms with Crippen LogP contribution in [0.4, 0.5) is 32.6 Å². The van der Waals surface area contributed by atoms with Crippen molar-refractivity contribution in [2.75, 3.05) is 5.73 Å². The third kappa shape index (κ3) is 7.10. The average Bonchev–Trinajstić information content (AvgIpc) is 3.69. The van der Waals surface area contributed by atoms with Crippen molar-refractivity contribution in [2.24, 2.45) is 11.1 Å². The van der Waals surface area contributed by atoms with Crippen molar-refractivity contribution in [2.45, 2.75) is 101 Å². The summed E-state index contributed by atoms with van der Waals surface area (Å²) in [5, 5.41) is 3.56. The number of pyridine rings is 1. The second kappa shape index (κ2) is 13.4. The summed E-state index contributed by atoms with van der Waals surface area (Å²) in [5.74, 6) is 3.84. The highest BCUT2D eigenvalue weighted by atomic mass is 35.5. The monoisotopic (exact) mass is 791 g/mol. The predicted molar refractivity (Wildman–Crippen MR) is 195 cm³/mol. The van der Waals surface area contributed by atoms with Gasteiger partial charge in [-0.1, -0.05) is 44.4 Å². The van der Waals surface area contributed by atoms with Crippen LogP contribution in [0.5, 0.6) is 0 Å². The molecule has 16 heteroatoms. The van der Waals surface area contributed by atoms with Crippen molar-refractivity contribution in [1.82, 2.24) is 14.8 Å². The van der Waals surface area contributed by atoms with Crippen LogP contribution in [-0.2, 0) is 46.0 Å². The molecule has 0 saturated heterocycles. The van der Waals surface area contributed by atoms with Crippen LogP contribution in [0.15, 0.2) is 30.3 Å². The minimum absolute atomic E-state index is 0.0260. The van der Waals surface area contributed by atoms with Crippen LogP contribution in [0.3, 0.4) is 0 Å². The number of rotatable bonds is 8. The van der Waals surface area contributed by atoms with Gasteiger partial charge in [-0.05, 0) is 86.8 Å². The molecule has 4 aromatic rings. The Morgan fingerprint density at radius 2 is 1.67 bits per heavy atom. The quantitative estimate of drug-likeness (QED) is 0.136. The number of nitrogens with zero attached hydrogens (tertiary/aromatic N) is 3. The van der Waals surface area contributed by atoms with E-state index in [4.69, 9.17) is 32.8 Å². The van der Waals surface area contributed by atoms with Crippen LogP contribution in [-0.4, -0.2) is 45.4 Å². The number of fused-ring (bicyclic) bond motifs is 2. The first-order chi connectivity index (χ1) is 25.0. The number of ether oxygens (including phenoxy) is 1. The number of anilines is 1. The number of hydrogen-bond acceptors (Lipinski definition) is 7. The summed E-state index contributed by atoms with van der Waals surface area (Å²) in [5.41, 5.74) is 10.5. The summed E-state index contributed by atoms with van der Waals surface area (Å²) in [4.78, 5) is 18.0. The first-order valence-corrected chi connectivity index (χ1v) is 19.2. The number of benzene rings is 2. The van der Waals surface area contributed by atoms with Gasteiger partial charge in [0.25, 0.3) is 0 Å². The zero-order valence-corrected chi connectivity index (χ0v) is 31.8. The lowest BCUT2D eigenvalue weighted by Crippen LogP contribution is -2.48. The van der Waals surface area contributed by atoms with Crippen molar-refractivity contribution in [3.63, 3.8) is 0 Å². The summed E-state index contributed by atoms with van der Waals surface area (Å²) in [6, 6.07) is 5.75. The van der Waals surface area contributed by atoms with Crippen molar-refractivity contribution in [3.05, 3.63) is 75.1 Å². The number of halogens is 6. The highest BCUT2D eigenvalue weighted by molar-refractivity contribution is 7.93. The van der Waals surface area contributed by atoms with Crippen molar-refractivity contribution in [1.29, 1.82) is 0 Å². The molecule has 2 aliphatic carbocycles. The summed E-state index contributed by atoms with van der Waals surface area (Å²) in [6.45, 7) is 6.54. The lowest BCUT2D eigenvalue weighted by Gasteiger charge is -2.44. The maximum atomic E-state index is 14.7. The Kier molecular flexibility index (Phi) is 9.75. The molecular weight excluding hydrogens is 753 g/mol. The van der Waals surface area contributed by atoms with E-state index in [1.807, 2.05) is 0 Å². The fourth-order valence-corrected chi connectivity index (χ4v) is 9.36. The first-order valence-electron chi connectivity index (χ1n) is 17.2. The lowest BCUT2D eigenvalue weighted by atomic mass is 9.68. The molecule has 9 nitrogen and oxygen atoms in total. The number of primary amides is 1. The van der Waals surface area contributed by atoms with Crippen LogP contribution >= 0.6 is 11.6 Å². The summed E-state index contributed by atoms with van der Waals surface area (Å²) >= 11 is 6.55. The highest BCUT2D eigenvalue weighted by Crippen LogP contribution is 2.52. The maximum Gasteiger partial charge on any atom is 0.408 e. The van der Waals surface area contributed by atoms with Gasteiger partial charge in [-0.2, -0.15) is 18.3 Å². The standard InChI is InChI=1S/C38H39ClF5N5O4S/c1-35(2,3)37(53-34(46)50,18-20-15-21(40)17-22(41)16-20)32-29(26-11-12-27(39)30-31(26)49(48-33(30)45)19-38(42,43)44)25-8-6-7-24(25)28(47-32)13-14-36(4,5)54(51,52)23-9-10-23/h11-12,15-17,23H,6-10,18-19H2,1-5H3,(H2,45,48)(H2,46,50)/t37-/m1/s1. The van der Waals surface area contributed by atoms with Gasteiger partial charge < -0.3 is 16.2 Å². The fraction of sp³-hybridized carbons (Fsp3) is 0.447. The summed E-state index contributed by atoms with van der Waals surface area (Å²) in [7, 11) is -3.66. The van der Waals surface area contributed by atoms with Gasteiger partial charge in [-0.3, -0.25) is 4.68 Å². The zero-order valence-electron chi connectivity index (χ0n) is 30.2. The van der Waals surface area contributed by atoms with Crippen LogP contribution in [0, 0.1) is 28.9 Å². The molecule has 0 aliphatic heterocycles. The Hall–Kier alpha value is -4.42. The SMILES string of the molecule is CC(C)(C)[C@](Cc1cc(F)cc(F)c1)(OC(N)=O)c1nc(C#CC(C)(C)S(=O)(=O)C2CC2)c2c(c1-c1ccc(Cl)c3c(N)nn(CC(F)(F)F)c13)CCC2. The number of hydrogen-bond donors (Lipinski definition) is 2. The molecule has 2 heterocycles. The molecule has 1 saturated carbocycles. The minimum atomic E-state index is -4.73. The lowest BCUT2D eigenvalue weighted by molar-refractivity contribution is -0.141. The number of aromatic nitrogens is 3. The molecule has 2 aromatic carbocycles. The van der Waals surface area contributed by atoms with Crippen molar-refractivity contribution in [3.8, 4) is 23.0 Å². The third-order valence-electron chi connectivity index (χ3n) is 10.1. The number of sulfone groups is 1. The van der Waals surface area contributed by atoms with Gasteiger partial charge in [-0.25, -0.2) is 27.0 Å². The third-order valence-corrected chi connectivity index (χ3v) is 13.3. The molecule has 4 N–H and O–H groups in total. The van der Waals surface area contributed by atoms with Crippen molar-refractivity contribution < 1.29 is 39.9 Å². The van der Waals surface area contributed by atoms with E-state index in [9.17, 15) is 35.2 Å². The molecule has 2 aromatic heterocycles.